The van der Waals surface area contributed by atoms with Crippen molar-refractivity contribution in [1.82, 2.24) is 0 Å². The van der Waals surface area contributed by atoms with Crippen molar-refractivity contribution in [3.05, 3.63) is 73.8 Å². The smallest absolute Gasteiger partial charge is 0.276 e. The highest BCUT2D eigenvalue weighted by Gasteiger charge is 2.42. The van der Waals surface area contributed by atoms with E-state index in [1.54, 1.807) is 0 Å². The van der Waals surface area contributed by atoms with Gasteiger partial charge in [0.1, 0.15) is 0 Å². The quantitative estimate of drug-likeness (QED) is 0.292. The summed E-state index contributed by atoms with van der Waals surface area (Å²) in [6.07, 6.45) is 0. The lowest BCUT2D eigenvalue weighted by molar-refractivity contribution is -0.456. The number of hydrogen-bond donors (Lipinski definition) is 0. The molecule has 1 heterocycles. The van der Waals surface area contributed by atoms with Crippen molar-refractivity contribution >= 4 is 22.8 Å². The molecule has 2 aromatic rings. The molecule has 0 radical (unpaired) electrons. The van der Waals surface area contributed by atoms with Crippen LogP contribution in [-0.2, 0) is 12.0 Å². The van der Waals surface area contributed by atoms with Gasteiger partial charge in [-0.3, -0.25) is 20.2 Å². The van der Waals surface area contributed by atoms with Gasteiger partial charge in [0.2, 0.25) is 5.69 Å². The predicted molar refractivity (Wildman–Crippen MR) is 93.5 cm³/mol. The summed E-state index contributed by atoms with van der Waals surface area (Å²) >= 11 is 0. The van der Waals surface area contributed by atoms with Gasteiger partial charge in [0.15, 0.2) is 12.3 Å². The van der Waals surface area contributed by atoms with Gasteiger partial charge in [-0.1, -0.05) is 18.2 Å². The van der Waals surface area contributed by atoms with Gasteiger partial charge in [0.05, 0.1) is 21.3 Å². The second-order valence-electron chi connectivity index (χ2n) is 6.69. The van der Waals surface area contributed by atoms with Crippen LogP contribution in [0.3, 0.4) is 0 Å². The van der Waals surface area contributed by atoms with Gasteiger partial charge >= 0.3 is 0 Å². The standard InChI is InChI=1S/C18H18N3O4.HI/c1-12-18(2,3)16-6-4-5-7-17(16)19(12)11-13-8-14(20(22)23)10-15(9-13)21(24)25;/h4-10H,11H2,1-3H3;1H/q+1;/p-1. The summed E-state index contributed by atoms with van der Waals surface area (Å²) in [7, 11) is 0. The zero-order valence-electron chi connectivity index (χ0n) is 14.6. The van der Waals surface area contributed by atoms with Crippen molar-refractivity contribution in [3.8, 4) is 0 Å². The van der Waals surface area contributed by atoms with E-state index < -0.39 is 9.85 Å². The third-order valence-electron chi connectivity index (χ3n) is 4.90. The van der Waals surface area contributed by atoms with Crippen molar-refractivity contribution in [2.45, 2.75) is 32.7 Å². The fourth-order valence-electron chi connectivity index (χ4n) is 3.30. The van der Waals surface area contributed by atoms with Gasteiger partial charge in [0, 0.05) is 36.2 Å². The lowest BCUT2D eigenvalue weighted by Crippen LogP contribution is -3.00. The SMILES string of the molecule is CC1=[N+](Cc2cc([N+](=O)[O-])cc([N+](=O)[O-])c2)c2ccccc2C1(C)C.[I-]. The number of rotatable bonds is 4. The van der Waals surface area contributed by atoms with Gasteiger partial charge < -0.3 is 24.0 Å². The molecule has 2 aromatic carbocycles. The molecule has 1 aliphatic heterocycles. The van der Waals surface area contributed by atoms with Crippen LogP contribution in [0.2, 0.25) is 0 Å². The van der Waals surface area contributed by atoms with E-state index in [0.29, 0.717) is 12.1 Å². The summed E-state index contributed by atoms with van der Waals surface area (Å²) in [6.45, 7) is 6.61. The summed E-state index contributed by atoms with van der Waals surface area (Å²) in [5, 5.41) is 22.2. The molecule has 0 aliphatic carbocycles. The first-order valence-corrected chi connectivity index (χ1v) is 7.85. The normalized spacial score (nSPS) is 14.6. The maximum Gasteiger partial charge on any atom is 0.276 e. The van der Waals surface area contributed by atoms with Crippen LogP contribution in [0.5, 0.6) is 0 Å². The Morgan fingerprint density at radius 2 is 1.54 bits per heavy atom. The Hall–Kier alpha value is -2.36. The second kappa shape index (κ2) is 7.10. The molecular weight excluding hydrogens is 449 g/mol. The molecule has 3 rings (SSSR count). The number of halogens is 1. The highest BCUT2D eigenvalue weighted by Crippen LogP contribution is 2.40. The fraction of sp³-hybridized carbons (Fsp3) is 0.278. The van der Waals surface area contributed by atoms with E-state index in [0.717, 1.165) is 17.5 Å². The van der Waals surface area contributed by atoms with Crippen LogP contribution in [0.15, 0.2) is 42.5 Å². The summed E-state index contributed by atoms with van der Waals surface area (Å²) in [5.41, 5.74) is 3.13. The number of benzene rings is 2. The highest BCUT2D eigenvalue weighted by atomic mass is 127. The third-order valence-corrected chi connectivity index (χ3v) is 4.90. The summed E-state index contributed by atoms with van der Waals surface area (Å²) in [4.78, 5) is 21.0. The maximum absolute atomic E-state index is 11.1. The number of nitrogens with zero attached hydrogens (tertiary/aromatic N) is 3. The Labute approximate surface area is 167 Å². The van der Waals surface area contributed by atoms with Gasteiger partial charge in [0.25, 0.3) is 11.4 Å². The van der Waals surface area contributed by atoms with Gasteiger partial charge in [-0.25, -0.2) is 0 Å². The minimum atomic E-state index is -0.602. The van der Waals surface area contributed by atoms with Crippen LogP contribution in [0.4, 0.5) is 17.1 Å². The molecule has 1 aliphatic rings. The first kappa shape index (κ1) is 20.0. The first-order chi connectivity index (χ1) is 11.7. The molecule has 0 saturated heterocycles. The van der Waals surface area contributed by atoms with Crippen molar-refractivity contribution < 1.29 is 38.4 Å². The number of para-hydroxylation sites is 1. The number of fused-ring (bicyclic) bond motifs is 1. The first-order valence-electron chi connectivity index (χ1n) is 7.85. The van der Waals surface area contributed by atoms with E-state index in [4.69, 9.17) is 0 Å². The molecule has 0 unspecified atom stereocenters. The van der Waals surface area contributed by atoms with Crippen molar-refractivity contribution in [3.63, 3.8) is 0 Å². The minimum Gasteiger partial charge on any atom is -1.00 e. The van der Waals surface area contributed by atoms with E-state index >= 15 is 0 Å². The molecule has 0 bridgehead atoms. The monoisotopic (exact) mass is 467 g/mol. The summed E-state index contributed by atoms with van der Waals surface area (Å²) in [5.74, 6) is 0. The fourth-order valence-corrected chi connectivity index (χ4v) is 3.30. The van der Waals surface area contributed by atoms with E-state index in [1.807, 2.05) is 25.1 Å². The van der Waals surface area contributed by atoms with Crippen LogP contribution >= 0.6 is 0 Å². The van der Waals surface area contributed by atoms with Crippen LogP contribution in [0.25, 0.3) is 0 Å². The number of nitro groups is 2. The van der Waals surface area contributed by atoms with E-state index in [-0.39, 0.29) is 40.8 Å². The third kappa shape index (κ3) is 3.33. The zero-order chi connectivity index (χ0) is 18.4. The molecule has 26 heavy (non-hydrogen) atoms. The van der Waals surface area contributed by atoms with Gasteiger partial charge in [-0.05, 0) is 13.8 Å². The Morgan fingerprint density at radius 1 is 1.00 bits per heavy atom. The topological polar surface area (TPSA) is 89.3 Å². The van der Waals surface area contributed by atoms with Crippen LogP contribution in [0.1, 0.15) is 31.9 Å². The molecule has 0 aromatic heterocycles. The average molecular weight is 467 g/mol. The lowest BCUT2D eigenvalue weighted by Gasteiger charge is -2.14. The molecule has 0 saturated carbocycles. The molecule has 0 fully saturated rings. The van der Waals surface area contributed by atoms with Crippen LogP contribution in [-0.4, -0.2) is 20.1 Å². The second-order valence-corrected chi connectivity index (χ2v) is 6.69. The van der Waals surface area contributed by atoms with Gasteiger partial charge in [-0.15, -0.1) is 0 Å². The van der Waals surface area contributed by atoms with E-state index in [9.17, 15) is 20.2 Å². The Bertz CT molecular complexity index is 906. The highest BCUT2D eigenvalue weighted by molar-refractivity contribution is 5.93. The Balaban J connectivity index is 0.00000243. The summed E-state index contributed by atoms with van der Waals surface area (Å²) < 4.78 is 2.07. The van der Waals surface area contributed by atoms with Crippen LogP contribution in [0, 0.1) is 20.2 Å². The molecule has 0 amide bonds. The summed E-state index contributed by atoms with van der Waals surface area (Å²) in [6, 6.07) is 11.8. The molecule has 8 heteroatoms. The largest absolute Gasteiger partial charge is 1.00 e. The van der Waals surface area contributed by atoms with E-state index in [1.165, 1.54) is 17.7 Å². The Morgan fingerprint density at radius 3 is 2.08 bits per heavy atom. The molecule has 7 nitrogen and oxygen atoms in total. The lowest BCUT2D eigenvalue weighted by atomic mass is 9.82. The van der Waals surface area contributed by atoms with Gasteiger partial charge in [-0.2, -0.15) is 4.58 Å². The van der Waals surface area contributed by atoms with Crippen molar-refractivity contribution in [1.29, 1.82) is 0 Å². The molecule has 0 N–H and O–H groups in total. The Kier molecular flexibility index (Phi) is 5.45. The van der Waals surface area contributed by atoms with Crippen molar-refractivity contribution in [2.75, 3.05) is 0 Å². The molecule has 0 atom stereocenters. The minimum absolute atomic E-state index is 0. The zero-order valence-corrected chi connectivity index (χ0v) is 16.8. The van der Waals surface area contributed by atoms with Crippen LogP contribution < -0.4 is 24.0 Å². The average Bonchev–Trinajstić information content (AvgIpc) is 2.76. The molecule has 0 spiro atoms. The van der Waals surface area contributed by atoms with E-state index in [2.05, 4.69) is 24.5 Å². The number of nitro benzene ring substituents is 2. The number of non-ortho nitro benzene ring substituents is 2. The number of hydrogen-bond acceptors (Lipinski definition) is 4. The maximum atomic E-state index is 11.1. The molecule has 136 valence electrons. The molecular formula is C18H18IN3O4. The van der Waals surface area contributed by atoms with Crippen molar-refractivity contribution in [2.24, 2.45) is 0 Å². The predicted octanol–water partition coefficient (Wildman–Crippen LogP) is 1.10.